The zero-order chi connectivity index (χ0) is 7.56. The fourth-order valence-electron chi connectivity index (χ4n) is 0.600. The summed E-state index contributed by atoms with van der Waals surface area (Å²) in [7, 11) is 0. The molecule has 0 bridgehead atoms. The molecule has 0 aliphatic carbocycles. The van der Waals surface area contributed by atoms with Crippen molar-refractivity contribution in [3.8, 4) is 0 Å². The normalized spacial score (nSPS) is 13.0. The number of thiophene rings is 1. The molecule has 1 unspecified atom stereocenters. The predicted octanol–water partition coefficient (Wildman–Crippen LogP) is 2.62. The Kier molecular flexibility index (Phi) is 2.49. The quantitative estimate of drug-likeness (QED) is 0.684. The Hall–Kier alpha value is -0.310. The van der Waals surface area contributed by atoms with Gasteiger partial charge in [0.25, 0.3) is 0 Å². The number of aliphatic hydroxyl groups is 1. The molecule has 54 valence electrons. The summed E-state index contributed by atoms with van der Waals surface area (Å²) in [6.07, 6.45) is 0.903. The van der Waals surface area contributed by atoms with Gasteiger partial charge >= 0.3 is 0 Å². The lowest BCUT2D eigenvalue weighted by Crippen LogP contribution is -1.85. The maximum Gasteiger partial charge on any atom is 0.106 e. The summed E-state index contributed by atoms with van der Waals surface area (Å²) in [6, 6.07) is 1.73. The van der Waals surface area contributed by atoms with Gasteiger partial charge in [-0.25, -0.2) is 0 Å². The highest BCUT2D eigenvalue weighted by atomic mass is 35.5. The van der Waals surface area contributed by atoms with Crippen molar-refractivity contribution in [3.63, 3.8) is 0 Å². The van der Waals surface area contributed by atoms with Gasteiger partial charge in [0.1, 0.15) is 6.10 Å². The molecule has 1 atom stereocenters. The number of hydrogen-bond acceptors (Lipinski definition) is 2. The minimum absolute atomic E-state index is 0.572. The summed E-state index contributed by atoms with van der Waals surface area (Å²) in [6.45, 7) is 3.46. The number of hydrogen-bond donors (Lipinski definition) is 1. The average Bonchev–Trinajstić information content (AvgIpc) is 2.34. The third-order valence-corrected chi connectivity index (χ3v) is 2.45. The zero-order valence-corrected chi connectivity index (χ0v) is 6.82. The van der Waals surface area contributed by atoms with E-state index in [4.69, 9.17) is 11.6 Å². The van der Waals surface area contributed by atoms with Gasteiger partial charge in [0.05, 0.1) is 5.02 Å². The zero-order valence-electron chi connectivity index (χ0n) is 5.25. The molecule has 0 fully saturated rings. The van der Waals surface area contributed by atoms with Crippen molar-refractivity contribution in [2.24, 2.45) is 0 Å². The van der Waals surface area contributed by atoms with Gasteiger partial charge in [-0.05, 0) is 6.07 Å². The summed E-state index contributed by atoms with van der Waals surface area (Å²) in [5, 5.41) is 11.6. The summed E-state index contributed by atoms with van der Waals surface area (Å²) in [5.74, 6) is 0. The molecule has 0 spiro atoms. The monoisotopic (exact) mass is 174 g/mol. The van der Waals surface area contributed by atoms with Crippen molar-refractivity contribution in [2.45, 2.75) is 6.10 Å². The Balaban J connectivity index is 2.84. The van der Waals surface area contributed by atoms with Gasteiger partial charge in [0.2, 0.25) is 0 Å². The molecule has 3 heteroatoms. The molecule has 0 radical (unpaired) electrons. The van der Waals surface area contributed by atoms with E-state index < -0.39 is 6.10 Å². The van der Waals surface area contributed by atoms with Crippen LogP contribution < -0.4 is 0 Å². The highest BCUT2D eigenvalue weighted by molar-refractivity contribution is 7.10. The van der Waals surface area contributed by atoms with Gasteiger partial charge in [-0.1, -0.05) is 17.7 Å². The van der Waals surface area contributed by atoms with Crippen LogP contribution in [0.4, 0.5) is 0 Å². The second-order valence-electron chi connectivity index (χ2n) is 1.85. The molecular formula is C7H7ClOS. The maximum atomic E-state index is 9.18. The molecule has 1 heterocycles. The molecule has 0 saturated heterocycles. The topological polar surface area (TPSA) is 20.2 Å². The Morgan fingerprint density at radius 1 is 1.80 bits per heavy atom. The first kappa shape index (κ1) is 7.79. The van der Waals surface area contributed by atoms with Crippen molar-refractivity contribution in [3.05, 3.63) is 34.0 Å². The van der Waals surface area contributed by atoms with Gasteiger partial charge in [-0.3, -0.25) is 0 Å². The van der Waals surface area contributed by atoms with Crippen LogP contribution in [0.1, 0.15) is 11.0 Å². The molecule has 0 saturated carbocycles. The number of rotatable bonds is 2. The molecule has 0 aliphatic heterocycles. The molecule has 10 heavy (non-hydrogen) atoms. The van der Waals surface area contributed by atoms with Gasteiger partial charge in [0, 0.05) is 10.3 Å². The highest BCUT2D eigenvalue weighted by Crippen LogP contribution is 2.25. The van der Waals surface area contributed by atoms with E-state index in [0.717, 1.165) is 4.88 Å². The van der Waals surface area contributed by atoms with E-state index in [1.807, 2.05) is 0 Å². The molecule has 1 aromatic rings. The van der Waals surface area contributed by atoms with Crippen molar-refractivity contribution in [1.82, 2.24) is 0 Å². The minimum Gasteiger partial charge on any atom is -0.383 e. The van der Waals surface area contributed by atoms with Crippen molar-refractivity contribution in [1.29, 1.82) is 0 Å². The lowest BCUT2D eigenvalue weighted by atomic mass is 10.3. The van der Waals surface area contributed by atoms with E-state index in [1.165, 1.54) is 17.4 Å². The van der Waals surface area contributed by atoms with E-state index in [2.05, 4.69) is 6.58 Å². The number of halogens is 1. The smallest absolute Gasteiger partial charge is 0.106 e. The minimum atomic E-state index is -0.572. The summed E-state index contributed by atoms with van der Waals surface area (Å²) < 4.78 is 0. The summed E-state index contributed by atoms with van der Waals surface area (Å²) in [4.78, 5) is 0.833. The second kappa shape index (κ2) is 3.19. The predicted molar refractivity (Wildman–Crippen MR) is 44.5 cm³/mol. The second-order valence-corrected chi connectivity index (χ2v) is 3.23. The van der Waals surface area contributed by atoms with Crippen LogP contribution in [0.5, 0.6) is 0 Å². The molecule has 0 aromatic carbocycles. The largest absolute Gasteiger partial charge is 0.383 e. The Morgan fingerprint density at radius 3 is 2.90 bits per heavy atom. The third kappa shape index (κ3) is 1.59. The van der Waals surface area contributed by atoms with Crippen LogP contribution >= 0.6 is 22.9 Å². The molecular weight excluding hydrogens is 168 g/mol. The van der Waals surface area contributed by atoms with Crippen molar-refractivity contribution < 1.29 is 5.11 Å². The Bertz CT molecular complexity index is 231. The molecule has 0 aliphatic rings. The van der Waals surface area contributed by atoms with Crippen LogP contribution in [0, 0.1) is 0 Å². The van der Waals surface area contributed by atoms with Gasteiger partial charge in [-0.2, -0.15) is 0 Å². The van der Waals surface area contributed by atoms with Crippen LogP contribution in [0.3, 0.4) is 0 Å². The first-order chi connectivity index (χ1) is 4.74. The molecule has 1 aromatic heterocycles. The maximum absolute atomic E-state index is 9.18. The fraction of sp³-hybridized carbons (Fsp3) is 0.143. The van der Waals surface area contributed by atoms with Gasteiger partial charge in [-0.15, -0.1) is 17.9 Å². The Morgan fingerprint density at radius 2 is 2.50 bits per heavy atom. The SMILES string of the molecule is C=CC(O)c1cc(Cl)cs1. The van der Waals surface area contributed by atoms with Crippen LogP contribution in [0.2, 0.25) is 5.02 Å². The first-order valence-corrected chi connectivity index (χ1v) is 4.04. The van der Waals surface area contributed by atoms with Crippen LogP contribution in [-0.4, -0.2) is 5.11 Å². The fourth-order valence-corrected chi connectivity index (χ4v) is 1.66. The van der Waals surface area contributed by atoms with E-state index in [9.17, 15) is 5.11 Å². The molecule has 1 nitrogen and oxygen atoms in total. The van der Waals surface area contributed by atoms with E-state index in [1.54, 1.807) is 11.4 Å². The van der Waals surface area contributed by atoms with Crippen LogP contribution in [-0.2, 0) is 0 Å². The number of aliphatic hydroxyl groups excluding tert-OH is 1. The van der Waals surface area contributed by atoms with Crippen molar-refractivity contribution in [2.75, 3.05) is 0 Å². The molecule has 0 amide bonds. The van der Waals surface area contributed by atoms with E-state index in [-0.39, 0.29) is 0 Å². The Labute approximate surface area is 68.6 Å². The van der Waals surface area contributed by atoms with Crippen molar-refractivity contribution >= 4 is 22.9 Å². The highest BCUT2D eigenvalue weighted by Gasteiger charge is 2.04. The summed E-state index contributed by atoms with van der Waals surface area (Å²) in [5.41, 5.74) is 0. The lowest BCUT2D eigenvalue weighted by molar-refractivity contribution is 0.233. The standard InChI is InChI=1S/C7H7ClOS/c1-2-6(9)7-3-5(8)4-10-7/h2-4,6,9H,1H2. The van der Waals surface area contributed by atoms with Gasteiger partial charge < -0.3 is 5.11 Å². The van der Waals surface area contributed by atoms with Gasteiger partial charge in [0.15, 0.2) is 0 Å². The van der Waals surface area contributed by atoms with Crippen LogP contribution in [0.15, 0.2) is 24.1 Å². The van der Waals surface area contributed by atoms with E-state index >= 15 is 0 Å². The molecule has 1 N–H and O–H groups in total. The van der Waals surface area contributed by atoms with E-state index in [0.29, 0.717) is 5.02 Å². The third-order valence-electron chi connectivity index (χ3n) is 1.10. The molecule has 1 rings (SSSR count). The lowest BCUT2D eigenvalue weighted by Gasteiger charge is -1.97. The first-order valence-electron chi connectivity index (χ1n) is 2.78. The van der Waals surface area contributed by atoms with Crippen LogP contribution in [0.25, 0.3) is 0 Å². The summed E-state index contributed by atoms with van der Waals surface area (Å²) >= 11 is 7.06. The average molecular weight is 175 g/mol.